The lowest BCUT2D eigenvalue weighted by Gasteiger charge is -2.30. The average molecular weight is 547 g/mol. The molecule has 0 radical (unpaired) electrons. The maximum absolute atomic E-state index is 13.0. The van der Waals surface area contributed by atoms with Crippen LogP contribution < -0.4 is 9.47 Å². The van der Waals surface area contributed by atoms with Gasteiger partial charge in [0.15, 0.2) is 11.6 Å². The van der Waals surface area contributed by atoms with E-state index in [2.05, 4.69) is 0 Å². The van der Waals surface area contributed by atoms with Crippen LogP contribution in [0.15, 0.2) is 24.3 Å². The van der Waals surface area contributed by atoms with Gasteiger partial charge >= 0.3 is 0 Å². The van der Waals surface area contributed by atoms with E-state index in [1.807, 2.05) is 0 Å². The Bertz CT molecular complexity index is 1690. The van der Waals surface area contributed by atoms with Gasteiger partial charge in [-0.25, -0.2) is 0 Å². The van der Waals surface area contributed by atoms with Crippen LogP contribution in [0.2, 0.25) is 0 Å². The van der Waals surface area contributed by atoms with Crippen LogP contribution in [0.1, 0.15) is 48.4 Å². The van der Waals surface area contributed by atoms with Gasteiger partial charge < -0.3 is 40.1 Å². The van der Waals surface area contributed by atoms with Gasteiger partial charge in [0.05, 0.1) is 22.6 Å². The van der Waals surface area contributed by atoms with Crippen LogP contribution in [-0.2, 0) is 0 Å². The second kappa shape index (κ2) is 8.32. The minimum absolute atomic E-state index is 0.0155. The third kappa shape index (κ3) is 3.22. The van der Waals surface area contributed by atoms with Gasteiger partial charge in [-0.2, -0.15) is 0 Å². The largest absolute Gasteiger partial charge is 0.507 e. The van der Waals surface area contributed by atoms with Crippen molar-refractivity contribution in [3.05, 3.63) is 35.4 Å². The van der Waals surface area contributed by atoms with E-state index in [9.17, 15) is 40.2 Å². The molecular formula is C30H26O10. The minimum Gasteiger partial charge on any atom is -0.507 e. The highest BCUT2D eigenvalue weighted by Gasteiger charge is 2.38. The highest BCUT2D eigenvalue weighted by atomic mass is 16.5. The quantitative estimate of drug-likeness (QED) is 0.189. The summed E-state index contributed by atoms with van der Waals surface area (Å²) in [6.07, 6.45) is -1.06. The Balaban J connectivity index is 1.76. The monoisotopic (exact) mass is 546 g/mol. The van der Waals surface area contributed by atoms with E-state index in [0.717, 1.165) is 12.1 Å². The third-order valence-electron chi connectivity index (χ3n) is 8.24. The predicted molar refractivity (Wildman–Crippen MR) is 144 cm³/mol. The van der Waals surface area contributed by atoms with Gasteiger partial charge in [0.25, 0.3) is 0 Å². The lowest BCUT2D eigenvalue weighted by Crippen LogP contribution is -2.33. The number of ether oxygens (including phenoxy) is 2. The number of hydrogen-bond acceptors (Lipinski definition) is 10. The molecule has 206 valence electrons. The molecule has 0 bridgehead atoms. The van der Waals surface area contributed by atoms with Crippen LogP contribution in [0.5, 0.6) is 46.0 Å². The van der Waals surface area contributed by atoms with Crippen molar-refractivity contribution in [1.29, 1.82) is 0 Å². The first kappa shape index (κ1) is 25.4. The first-order valence-corrected chi connectivity index (χ1v) is 12.7. The lowest BCUT2D eigenvalue weighted by atomic mass is 9.84. The molecule has 0 unspecified atom stereocenters. The van der Waals surface area contributed by atoms with Crippen molar-refractivity contribution in [3.8, 4) is 57.1 Å². The molecule has 0 spiro atoms. The van der Waals surface area contributed by atoms with Gasteiger partial charge in [-0.15, -0.1) is 0 Å². The van der Waals surface area contributed by atoms with Gasteiger partial charge in [-0.1, -0.05) is 13.8 Å². The zero-order valence-corrected chi connectivity index (χ0v) is 21.9. The molecular weight excluding hydrogens is 520 g/mol. The maximum atomic E-state index is 13.0. The van der Waals surface area contributed by atoms with Gasteiger partial charge in [-0.05, 0) is 26.0 Å². The Morgan fingerprint density at radius 2 is 0.875 bits per heavy atom. The molecule has 40 heavy (non-hydrogen) atoms. The van der Waals surface area contributed by atoms with Crippen molar-refractivity contribution >= 4 is 33.1 Å². The van der Waals surface area contributed by atoms with Gasteiger partial charge in [0.2, 0.25) is 0 Å². The van der Waals surface area contributed by atoms with Crippen molar-refractivity contribution in [2.45, 2.75) is 39.9 Å². The molecule has 6 rings (SSSR count). The fraction of sp³-hybridized carbons (Fsp3) is 0.267. The number of carbonyl (C=O) groups excluding carboxylic acids is 2. The maximum Gasteiger partial charge on any atom is 0.176 e. The number of carbonyl (C=O) groups is 2. The molecule has 2 aliphatic rings. The normalized spacial score (nSPS) is 22.1. The molecule has 0 saturated carbocycles. The van der Waals surface area contributed by atoms with Gasteiger partial charge in [0, 0.05) is 34.0 Å². The number of benzene rings is 4. The summed E-state index contributed by atoms with van der Waals surface area (Å²) in [6, 6.07) is 4.65. The van der Waals surface area contributed by atoms with Crippen molar-refractivity contribution in [2.75, 3.05) is 0 Å². The van der Waals surface area contributed by atoms with E-state index in [-0.39, 0.29) is 66.9 Å². The summed E-state index contributed by atoms with van der Waals surface area (Å²) in [5.74, 6) is -5.10. The SMILES string of the molecule is C[C@@H]1Oc2cc3c(-c4c(O)cc(O)c5c(O)c6c(cc45)O[C@@H](C)[C@@H](C)C6=O)c(O)cc(O)c3c(O)c2C(=O)[C@H]1C. The summed E-state index contributed by atoms with van der Waals surface area (Å²) in [7, 11) is 0. The Morgan fingerprint density at radius 1 is 0.525 bits per heavy atom. The first-order valence-electron chi connectivity index (χ1n) is 12.7. The summed E-state index contributed by atoms with van der Waals surface area (Å²) in [4.78, 5) is 26.1. The molecule has 10 nitrogen and oxygen atoms in total. The Morgan fingerprint density at radius 3 is 1.23 bits per heavy atom. The average Bonchev–Trinajstić information content (AvgIpc) is 2.86. The molecule has 0 aromatic heterocycles. The number of fused-ring (bicyclic) bond motifs is 4. The smallest absolute Gasteiger partial charge is 0.176 e. The fourth-order valence-electron chi connectivity index (χ4n) is 5.70. The number of hydrogen-bond donors (Lipinski definition) is 6. The molecule has 4 aromatic rings. The van der Waals surface area contributed by atoms with Gasteiger partial charge in [-0.3, -0.25) is 9.59 Å². The summed E-state index contributed by atoms with van der Waals surface area (Å²) in [5, 5.41) is 65.7. The summed E-state index contributed by atoms with van der Waals surface area (Å²) in [5.41, 5.74) is -0.435. The second-order valence-corrected chi connectivity index (χ2v) is 10.6. The Labute approximate surface area is 227 Å². The van der Waals surface area contributed by atoms with E-state index in [4.69, 9.17) is 9.47 Å². The van der Waals surface area contributed by atoms with E-state index in [1.165, 1.54) is 12.1 Å². The molecule has 4 atom stereocenters. The Hall–Kier alpha value is -4.86. The van der Waals surface area contributed by atoms with E-state index in [0.29, 0.717) is 0 Å². The Kier molecular flexibility index (Phi) is 5.29. The number of phenols is 6. The fourth-order valence-corrected chi connectivity index (χ4v) is 5.70. The molecule has 0 aliphatic carbocycles. The van der Waals surface area contributed by atoms with Crippen molar-refractivity contribution in [3.63, 3.8) is 0 Å². The molecule has 0 fully saturated rings. The van der Waals surface area contributed by atoms with Crippen LogP contribution in [0.25, 0.3) is 32.7 Å². The summed E-state index contributed by atoms with van der Waals surface area (Å²) < 4.78 is 11.8. The molecule has 10 heteroatoms. The molecule has 2 aliphatic heterocycles. The van der Waals surface area contributed by atoms with Crippen LogP contribution in [0.4, 0.5) is 0 Å². The second-order valence-electron chi connectivity index (χ2n) is 10.6. The zero-order valence-electron chi connectivity index (χ0n) is 21.9. The molecule has 0 saturated heterocycles. The van der Waals surface area contributed by atoms with Crippen molar-refractivity contribution in [1.82, 2.24) is 0 Å². The number of phenolic OH excluding ortho intramolecular Hbond substituents is 6. The minimum atomic E-state index is -0.568. The third-order valence-corrected chi connectivity index (χ3v) is 8.24. The predicted octanol–water partition coefficient (Wildman–Crippen LogP) is 5.09. The zero-order chi connectivity index (χ0) is 28.9. The number of ketones is 2. The van der Waals surface area contributed by atoms with Crippen molar-refractivity contribution < 1.29 is 49.7 Å². The number of Topliss-reactive ketones (excluding diaryl/α,β-unsaturated/α-hetero) is 2. The van der Waals surface area contributed by atoms with Gasteiger partial charge in [0.1, 0.15) is 69.3 Å². The van der Waals surface area contributed by atoms with Crippen LogP contribution in [0, 0.1) is 11.8 Å². The standard InChI is InChI=1S/C30H26O10/c1-9-11(3)39-19-5-13-21(15(31)7-17(33)23(13)29(37)25(19)27(9)35)22-14-6-20-26(28(36)10(2)12(4)40-20)30(38)24(14)18(34)8-16(22)32/h5-12,31-34,37-38H,1-4H3/t9-,10+,11-,12-/m0/s1. The molecule has 0 amide bonds. The summed E-state index contributed by atoms with van der Waals surface area (Å²) in [6.45, 7) is 6.71. The topological polar surface area (TPSA) is 174 Å². The molecule has 6 N–H and O–H groups in total. The van der Waals surface area contributed by atoms with Crippen LogP contribution in [-0.4, -0.2) is 54.4 Å². The van der Waals surface area contributed by atoms with Crippen LogP contribution >= 0.6 is 0 Å². The molecule has 4 aromatic carbocycles. The van der Waals surface area contributed by atoms with E-state index >= 15 is 0 Å². The summed E-state index contributed by atoms with van der Waals surface area (Å²) >= 11 is 0. The molecule has 2 heterocycles. The highest BCUT2D eigenvalue weighted by Crippen LogP contribution is 2.55. The van der Waals surface area contributed by atoms with E-state index < -0.39 is 58.5 Å². The van der Waals surface area contributed by atoms with E-state index in [1.54, 1.807) is 27.7 Å². The first-order chi connectivity index (χ1) is 18.8. The number of aromatic hydroxyl groups is 6. The highest BCUT2D eigenvalue weighted by molar-refractivity contribution is 6.19. The lowest BCUT2D eigenvalue weighted by molar-refractivity contribution is 0.0716. The van der Waals surface area contributed by atoms with Crippen LogP contribution in [0.3, 0.4) is 0 Å². The van der Waals surface area contributed by atoms with Crippen molar-refractivity contribution in [2.24, 2.45) is 11.8 Å². The number of rotatable bonds is 1.